The van der Waals surface area contributed by atoms with E-state index in [4.69, 9.17) is 4.42 Å². The summed E-state index contributed by atoms with van der Waals surface area (Å²) in [5.74, 6) is 1.24. The predicted molar refractivity (Wildman–Crippen MR) is 108 cm³/mol. The molecule has 8 heteroatoms. The lowest BCUT2D eigenvalue weighted by atomic mass is 10.2. The fourth-order valence-corrected chi connectivity index (χ4v) is 5.04. The van der Waals surface area contributed by atoms with Gasteiger partial charge >= 0.3 is 0 Å². The quantitative estimate of drug-likeness (QED) is 0.785. The Balaban J connectivity index is 1.81. The second-order valence-electron chi connectivity index (χ2n) is 6.59. The molecule has 0 atom stereocenters. The monoisotopic (exact) mass is 408 g/mol. The number of nitrogens with one attached hydrogen (secondary N) is 1. The van der Waals surface area contributed by atoms with Crippen LogP contribution in [0.1, 0.15) is 41.1 Å². The smallest absolute Gasteiger partial charge is 0.291 e. The molecule has 0 radical (unpaired) electrons. The molecule has 1 amide bonds. The zero-order chi connectivity index (χ0) is 19.4. The second-order valence-corrected chi connectivity index (χ2v) is 9.40. The van der Waals surface area contributed by atoms with Gasteiger partial charge in [0.25, 0.3) is 5.91 Å². The minimum absolute atomic E-state index is 0.202. The first-order valence-electron chi connectivity index (χ1n) is 8.91. The number of amides is 1. The largest absolute Gasteiger partial charge is 0.455 e. The van der Waals surface area contributed by atoms with E-state index in [0.717, 1.165) is 30.6 Å². The molecule has 1 N–H and O–H groups in total. The van der Waals surface area contributed by atoms with Gasteiger partial charge in [-0.3, -0.25) is 4.79 Å². The Bertz CT molecular complexity index is 916. The number of carbonyl (C=O) groups excluding carboxylic acids is 1. The molecular formula is C19H24N2O4S2. The van der Waals surface area contributed by atoms with Crippen molar-refractivity contribution in [2.75, 3.05) is 24.7 Å². The molecule has 0 aliphatic carbocycles. The van der Waals surface area contributed by atoms with Gasteiger partial charge in [0, 0.05) is 18.8 Å². The zero-order valence-electron chi connectivity index (χ0n) is 15.5. The van der Waals surface area contributed by atoms with Crippen molar-refractivity contribution in [1.82, 2.24) is 4.31 Å². The Morgan fingerprint density at radius 1 is 1.19 bits per heavy atom. The van der Waals surface area contributed by atoms with Gasteiger partial charge in [-0.2, -0.15) is 16.1 Å². The van der Waals surface area contributed by atoms with E-state index in [-0.39, 0.29) is 10.7 Å². The number of sulfonamides is 1. The summed E-state index contributed by atoms with van der Waals surface area (Å²) >= 11 is 1.61. The highest BCUT2D eigenvalue weighted by atomic mass is 32.2. The van der Waals surface area contributed by atoms with Gasteiger partial charge < -0.3 is 9.73 Å². The lowest BCUT2D eigenvalue weighted by Gasteiger charge is -2.26. The Kier molecular flexibility index (Phi) is 6.29. The van der Waals surface area contributed by atoms with E-state index in [0.29, 0.717) is 24.5 Å². The summed E-state index contributed by atoms with van der Waals surface area (Å²) in [7, 11) is -3.55. The van der Waals surface area contributed by atoms with E-state index in [9.17, 15) is 13.2 Å². The number of nitrogens with zero attached hydrogens (tertiary/aromatic N) is 1. The molecular weight excluding hydrogens is 384 g/mol. The number of hydrogen-bond acceptors (Lipinski definition) is 5. The third-order valence-corrected chi connectivity index (χ3v) is 7.05. The number of anilines is 1. The van der Waals surface area contributed by atoms with Gasteiger partial charge in [0.15, 0.2) is 5.76 Å². The van der Waals surface area contributed by atoms with Crippen LogP contribution in [0.15, 0.2) is 39.6 Å². The maximum absolute atomic E-state index is 12.9. The molecule has 146 valence electrons. The Labute approximate surface area is 164 Å². The highest BCUT2D eigenvalue weighted by Crippen LogP contribution is 2.26. The van der Waals surface area contributed by atoms with Gasteiger partial charge in [-0.15, -0.1) is 0 Å². The van der Waals surface area contributed by atoms with E-state index >= 15 is 0 Å². The molecule has 27 heavy (non-hydrogen) atoms. The molecule has 1 aliphatic heterocycles. The number of carbonyl (C=O) groups is 1. The molecule has 1 fully saturated rings. The van der Waals surface area contributed by atoms with E-state index in [2.05, 4.69) is 5.32 Å². The molecule has 1 aliphatic rings. The average Bonchev–Trinajstić information content (AvgIpc) is 3.13. The van der Waals surface area contributed by atoms with Crippen molar-refractivity contribution in [2.24, 2.45) is 0 Å². The first-order valence-corrected chi connectivity index (χ1v) is 11.7. The van der Waals surface area contributed by atoms with Crippen LogP contribution in [0.2, 0.25) is 0 Å². The summed E-state index contributed by atoms with van der Waals surface area (Å²) < 4.78 is 32.8. The number of hydrogen-bond donors (Lipinski definition) is 1. The van der Waals surface area contributed by atoms with Crippen LogP contribution in [-0.4, -0.2) is 38.0 Å². The van der Waals surface area contributed by atoms with Gasteiger partial charge in [-0.25, -0.2) is 8.42 Å². The fraction of sp³-hybridized carbons (Fsp3) is 0.421. The standard InChI is InChI=1S/C19H24N2O4S2/c1-14-6-8-16(27(23,24)21-10-4-3-5-11-21)12-17(14)20-19(22)18-9-7-15(25-18)13-26-2/h6-9,12H,3-5,10-11,13H2,1-2H3,(H,20,22). The summed E-state index contributed by atoms with van der Waals surface area (Å²) in [5.41, 5.74) is 1.26. The molecule has 0 bridgehead atoms. The third kappa shape index (κ3) is 4.56. The van der Waals surface area contributed by atoms with Crippen LogP contribution in [0, 0.1) is 6.92 Å². The van der Waals surface area contributed by atoms with Crippen LogP contribution in [0.4, 0.5) is 5.69 Å². The van der Waals surface area contributed by atoms with E-state index in [1.165, 1.54) is 10.4 Å². The summed E-state index contributed by atoms with van der Waals surface area (Å²) in [6.07, 6.45) is 4.78. The lowest BCUT2D eigenvalue weighted by molar-refractivity contribution is 0.0995. The third-order valence-electron chi connectivity index (χ3n) is 4.58. The molecule has 2 heterocycles. The van der Waals surface area contributed by atoms with Crippen LogP contribution in [0.25, 0.3) is 0 Å². The van der Waals surface area contributed by atoms with E-state index in [1.807, 2.05) is 13.2 Å². The number of benzene rings is 1. The number of aryl methyl sites for hydroxylation is 1. The van der Waals surface area contributed by atoms with Crippen molar-refractivity contribution in [3.8, 4) is 0 Å². The maximum Gasteiger partial charge on any atom is 0.291 e. The molecule has 2 aromatic rings. The van der Waals surface area contributed by atoms with Crippen molar-refractivity contribution in [3.05, 3.63) is 47.4 Å². The number of thioether (sulfide) groups is 1. The van der Waals surface area contributed by atoms with Crippen LogP contribution >= 0.6 is 11.8 Å². The molecule has 0 saturated carbocycles. The van der Waals surface area contributed by atoms with Crippen LogP contribution in [0.3, 0.4) is 0 Å². The molecule has 1 aromatic carbocycles. The average molecular weight is 409 g/mol. The Morgan fingerprint density at radius 2 is 1.93 bits per heavy atom. The highest BCUT2D eigenvalue weighted by molar-refractivity contribution is 7.97. The van der Waals surface area contributed by atoms with Crippen LogP contribution in [0.5, 0.6) is 0 Å². The Hall–Kier alpha value is -1.77. The van der Waals surface area contributed by atoms with Crippen LogP contribution < -0.4 is 5.32 Å². The zero-order valence-corrected chi connectivity index (χ0v) is 17.2. The van der Waals surface area contributed by atoms with Crippen molar-refractivity contribution in [1.29, 1.82) is 0 Å². The Morgan fingerprint density at radius 3 is 2.63 bits per heavy atom. The minimum atomic E-state index is -3.55. The first-order chi connectivity index (χ1) is 12.9. The summed E-state index contributed by atoms with van der Waals surface area (Å²) in [4.78, 5) is 12.7. The molecule has 0 spiro atoms. The van der Waals surface area contributed by atoms with Gasteiger partial charge in [0.2, 0.25) is 10.0 Å². The summed E-state index contributed by atoms with van der Waals surface area (Å²) in [6.45, 7) is 2.92. The summed E-state index contributed by atoms with van der Waals surface area (Å²) in [5, 5.41) is 2.77. The number of rotatable bonds is 6. The number of furan rings is 1. The molecule has 0 unspecified atom stereocenters. The normalized spacial score (nSPS) is 15.6. The van der Waals surface area contributed by atoms with Gasteiger partial charge in [-0.1, -0.05) is 12.5 Å². The van der Waals surface area contributed by atoms with Crippen molar-refractivity contribution < 1.29 is 17.6 Å². The predicted octanol–water partition coefficient (Wildman–Crippen LogP) is 3.88. The van der Waals surface area contributed by atoms with E-state index < -0.39 is 15.9 Å². The van der Waals surface area contributed by atoms with Gasteiger partial charge in [0.1, 0.15) is 5.76 Å². The fourth-order valence-electron chi connectivity index (χ4n) is 3.05. The molecule has 1 aromatic heterocycles. The van der Waals surface area contributed by atoms with Crippen molar-refractivity contribution in [3.63, 3.8) is 0 Å². The highest BCUT2D eigenvalue weighted by Gasteiger charge is 2.26. The molecule has 1 saturated heterocycles. The molecule has 3 rings (SSSR count). The van der Waals surface area contributed by atoms with Gasteiger partial charge in [-0.05, 0) is 55.9 Å². The SMILES string of the molecule is CSCc1ccc(C(=O)Nc2cc(S(=O)(=O)N3CCCCC3)ccc2C)o1. The van der Waals surface area contributed by atoms with Crippen molar-refractivity contribution >= 4 is 33.4 Å². The number of piperidine rings is 1. The second kappa shape index (κ2) is 8.50. The van der Waals surface area contributed by atoms with Crippen LogP contribution in [-0.2, 0) is 15.8 Å². The van der Waals surface area contributed by atoms with Crippen molar-refractivity contribution in [2.45, 2.75) is 36.8 Å². The van der Waals surface area contributed by atoms with Gasteiger partial charge in [0.05, 0.1) is 10.6 Å². The maximum atomic E-state index is 12.9. The minimum Gasteiger partial charge on any atom is -0.455 e. The first kappa shape index (κ1) is 20.0. The molecule has 6 nitrogen and oxygen atoms in total. The summed E-state index contributed by atoms with van der Waals surface area (Å²) in [6, 6.07) is 8.25. The van der Waals surface area contributed by atoms with E-state index in [1.54, 1.807) is 36.0 Å². The lowest BCUT2D eigenvalue weighted by Crippen LogP contribution is -2.35. The topological polar surface area (TPSA) is 79.6 Å².